The lowest BCUT2D eigenvalue weighted by atomic mass is 10.3. The Balaban J connectivity index is 1.50. The number of nitrogens with zero attached hydrogens (tertiary/aromatic N) is 3. The molecular formula is C12H16N4S. The van der Waals surface area contributed by atoms with Crippen molar-refractivity contribution in [2.75, 3.05) is 6.54 Å². The predicted molar refractivity (Wildman–Crippen MR) is 67.9 cm³/mol. The zero-order valence-electron chi connectivity index (χ0n) is 9.67. The Hall–Kier alpha value is -1.20. The van der Waals surface area contributed by atoms with E-state index in [1.165, 1.54) is 18.4 Å². The number of thiophene rings is 1. The smallest absolute Gasteiger partial charge is 0.0964 e. The van der Waals surface area contributed by atoms with Gasteiger partial charge in [-0.15, -0.1) is 5.10 Å². The van der Waals surface area contributed by atoms with Crippen LogP contribution in [0.5, 0.6) is 0 Å². The van der Waals surface area contributed by atoms with Crippen molar-refractivity contribution in [1.82, 2.24) is 20.3 Å². The van der Waals surface area contributed by atoms with Gasteiger partial charge < -0.3 is 5.32 Å². The zero-order valence-corrected chi connectivity index (χ0v) is 10.5. The highest BCUT2D eigenvalue weighted by atomic mass is 32.1. The van der Waals surface area contributed by atoms with Crippen molar-refractivity contribution < 1.29 is 0 Å². The van der Waals surface area contributed by atoms with E-state index in [0.29, 0.717) is 0 Å². The first-order chi connectivity index (χ1) is 8.40. The Morgan fingerprint density at radius 3 is 3.18 bits per heavy atom. The van der Waals surface area contributed by atoms with Crippen molar-refractivity contribution in [1.29, 1.82) is 0 Å². The molecule has 0 spiro atoms. The molecule has 1 N–H and O–H groups in total. The first-order valence-electron chi connectivity index (χ1n) is 6.01. The minimum Gasteiger partial charge on any atom is -0.311 e. The van der Waals surface area contributed by atoms with Gasteiger partial charge in [-0.1, -0.05) is 5.21 Å². The quantitative estimate of drug-likeness (QED) is 0.849. The lowest BCUT2D eigenvalue weighted by molar-refractivity contribution is 0.627. The molecule has 90 valence electrons. The SMILES string of the molecule is c1cc(Cn2cc(CNCC3CC3)nn2)cs1. The molecule has 0 saturated heterocycles. The van der Waals surface area contributed by atoms with E-state index in [0.717, 1.165) is 31.2 Å². The highest BCUT2D eigenvalue weighted by Gasteiger charge is 2.20. The van der Waals surface area contributed by atoms with Crippen LogP contribution < -0.4 is 5.32 Å². The summed E-state index contributed by atoms with van der Waals surface area (Å²) in [6.07, 6.45) is 4.80. The van der Waals surface area contributed by atoms with Crippen LogP contribution in [0.25, 0.3) is 0 Å². The van der Waals surface area contributed by atoms with Gasteiger partial charge in [-0.25, -0.2) is 4.68 Å². The molecule has 3 rings (SSSR count). The Labute approximate surface area is 105 Å². The summed E-state index contributed by atoms with van der Waals surface area (Å²) in [5, 5.41) is 16.0. The Bertz CT molecular complexity index is 459. The van der Waals surface area contributed by atoms with Crippen LogP contribution in [0.4, 0.5) is 0 Å². The summed E-state index contributed by atoms with van der Waals surface area (Å²) in [5.41, 5.74) is 2.32. The maximum absolute atomic E-state index is 4.17. The molecule has 2 aromatic heterocycles. The fraction of sp³-hybridized carbons (Fsp3) is 0.500. The molecular weight excluding hydrogens is 232 g/mol. The van der Waals surface area contributed by atoms with E-state index < -0.39 is 0 Å². The van der Waals surface area contributed by atoms with Gasteiger partial charge in [0, 0.05) is 6.54 Å². The van der Waals surface area contributed by atoms with E-state index in [4.69, 9.17) is 0 Å². The third-order valence-electron chi connectivity index (χ3n) is 2.95. The van der Waals surface area contributed by atoms with E-state index in [1.807, 2.05) is 10.9 Å². The van der Waals surface area contributed by atoms with Crippen molar-refractivity contribution in [3.63, 3.8) is 0 Å². The van der Waals surface area contributed by atoms with Crippen LogP contribution >= 0.6 is 11.3 Å². The molecule has 1 aliphatic carbocycles. The van der Waals surface area contributed by atoms with Gasteiger partial charge in [-0.2, -0.15) is 11.3 Å². The average molecular weight is 248 g/mol. The van der Waals surface area contributed by atoms with E-state index in [2.05, 4.69) is 32.5 Å². The van der Waals surface area contributed by atoms with E-state index >= 15 is 0 Å². The molecule has 1 aliphatic rings. The van der Waals surface area contributed by atoms with Crippen LogP contribution in [0, 0.1) is 5.92 Å². The zero-order chi connectivity index (χ0) is 11.5. The van der Waals surface area contributed by atoms with Crippen molar-refractivity contribution in [3.05, 3.63) is 34.3 Å². The van der Waals surface area contributed by atoms with Crippen LogP contribution in [-0.4, -0.2) is 21.5 Å². The van der Waals surface area contributed by atoms with Gasteiger partial charge in [-0.3, -0.25) is 0 Å². The van der Waals surface area contributed by atoms with Gasteiger partial charge in [-0.05, 0) is 47.7 Å². The van der Waals surface area contributed by atoms with Gasteiger partial charge in [0.15, 0.2) is 0 Å². The molecule has 4 nitrogen and oxygen atoms in total. The summed E-state index contributed by atoms with van der Waals surface area (Å²) in [5.74, 6) is 0.913. The third-order valence-corrected chi connectivity index (χ3v) is 3.68. The molecule has 0 atom stereocenters. The third kappa shape index (κ3) is 3.14. The number of aromatic nitrogens is 3. The highest BCUT2D eigenvalue weighted by Crippen LogP contribution is 2.27. The normalized spacial score (nSPS) is 15.3. The molecule has 5 heteroatoms. The molecule has 2 heterocycles. The number of hydrogen-bond acceptors (Lipinski definition) is 4. The molecule has 0 bridgehead atoms. The minimum atomic E-state index is 0.819. The molecule has 1 fully saturated rings. The summed E-state index contributed by atoms with van der Waals surface area (Å²) in [6, 6.07) is 2.12. The molecule has 0 aliphatic heterocycles. The Morgan fingerprint density at radius 2 is 2.41 bits per heavy atom. The topological polar surface area (TPSA) is 42.7 Å². The monoisotopic (exact) mass is 248 g/mol. The molecule has 0 amide bonds. The molecule has 0 aromatic carbocycles. The van der Waals surface area contributed by atoms with Crippen LogP contribution in [0.2, 0.25) is 0 Å². The van der Waals surface area contributed by atoms with Crippen molar-refractivity contribution in [3.8, 4) is 0 Å². The fourth-order valence-electron chi connectivity index (χ4n) is 1.79. The van der Waals surface area contributed by atoms with Crippen LogP contribution in [-0.2, 0) is 13.1 Å². The number of nitrogens with one attached hydrogen (secondary N) is 1. The molecule has 17 heavy (non-hydrogen) atoms. The van der Waals surface area contributed by atoms with Crippen molar-refractivity contribution in [2.24, 2.45) is 5.92 Å². The van der Waals surface area contributed by atoms with Crippen molar-refractivity contribution in [2.45, 2.75) is 25.9 Å². The van der Waals surface area contributed by atoms with E-state index in [9.17, 15) is 0 Å². The van der Waals surface area contributed by atoms with Gasteiger partial charge in [0.25, 0.3) is 0 Å². The van der Waals surface area contributed by atoms with Gasteiger partial charge in [0.2, 0.25) is 0 Å². The second-order valence-corrected chi connectivity index (χ2v) is 5.39. The largest absolute Gasteiger partial charge is 0.311 e. The van der Waals surface area contributed by atoms with Crippen LogP contribution in [0.3, 0.4) is 0 Å². The minimum absolute atomic E-state index is 0.819. The van der Waals surface area contributed by atoms with Crippen LogP contribution in [0.15, 0.2) is 23.0 Å². The summed E-state index contributed by atoms with van der Waals surface area (Å²) in [4.78, 5) is 0. The van der Waals surface area contributed by atoms with Gasteiger partial charge in [0.1, 0.15) is 0 Å². The molecule has 1 saturated carbocycles. The number of hydrogen-bond donors (Lipinski definition) is 1. The maximum atomic E-state index is 4.17. The van der Waals surface area contributed by atoms with Gasteiger partial charge >= 0.3 is 0 Å². The summed E-state index contributed by atoms with van der Waals surface area (Å²) >= 11 is 1.72. The van der Waals surface area contributed by atoms with Gasteiger partial charge in [0.05, 0.1) is 18.4 Å². The molecule has 2 aromatic rings. The second kappa shape index (κ2) is 4.98. The Kier molecular flexibility index (Phi) is 3.20. The summed E-state index contributed by atoms with van der Waals surface area (Å²) in [7, 11) is 0. The summed E-state index contributed by atoms with van der Waals surface area (Å²) in [6.45, 7) is 2.77. The maximum Gasteiger partial charge on any atom is 0.0964 e. The first-order valence-corrected chi connectivity index (χ1v) is 6.95. The summed E-state index contributed by atoms with van der Waals surface area (Å²) < 4.78 is 1.90. The number of rotatable bonds is 6. The molecule has 0 unspecified atom stereocenters. The average Bonchev–Trinajstić information content (AvgIpc) is 2.83. The highest BCUT2D eigenvalue weighted by molar-refractivity contribution is 7.07. The van der Waals surface area contributed by atoms with E-state index in [1.54, 1.807) is 11.3 Å². The lowest BCUT2D eigenvalue weighted by Gasteiger charge is -1.98. The van der Waals surface area contributed by atoms with Crippen molar-refractivity contribution >= 4 is 11.3 Å². The second-order valence-electron chi connectivity index (χ2n) is 4.61. The van der Waals surface area contributed by atoms with Crippen LogP contribution in [0.1, 0.15) is 24.1 Å². The Morgan fingerprint density at radius 1 is 1.47 bits per heavy atom. The predicted octanol–water partition coefficient (Wildman–Crippen LogP) is 1.89. The van der Waals surface area contributed by atoms with E-state index in [-0.39, 0.29) is 0 Å². The fourth-order valence-corrected chi connectivity index (χ4v) is 2.45. The molecule has 0 radical (unpaired) electrons. The lowest BCUT2D eigenvalue weighted by Crippen LogP contribution is -2.16. The standard InChI is InChI=1S/C12H16N4S/c1-2-10(1)5-13-6-12-8-16(15-14-12)7-11-3-4-17-9-11/h3-4,8-10,13H,1-2,5-7H2. The first kappa shape index (κ1) is 10.9.